The molecule has 0 fully saturated rings. The van der Waals surface area contributed by atoms with Crippen molar-refractivity contribution >= 4 is 45.9 Å². The first-order valence-electron chi connectivity index (χ1n) is 5.42. The van der Waals surface area contributed by atoms with Crippen LogP contribution >= 0.6 is 45.9 Å². The van der Waals surface area contributed by atoms with Crippen LogP contribution in [-0.4, -0.2) is 6.54 Å². The maximum atomic E-state index is 6.23. The Bertz CT molecular complexity index is 465. The van der Waals surface area contributed by atoms with E-state index >= 15 is 0 Å². The number of hydrogen-bond acceptors (Lipinski definition) is 3. The Morgan fingerprint density at radius 1 is 1.41 bits per heavy atom. The quantitative estimate of drug-likeness (QED) is 0.800. The van der Waals surface area contributed by atoms with Crippen molar-refractivity contribution in [2.75, 3.05) is 6.54 Å². The van der Waals surface area contributed by atoms with Crippen LogP contribution in [-0.2, 0) is 0 Å². The second-order valence-electron chi connectivity index (χ2n) is 3.72. The molecule has 0 saturated carbocycles. The van der Waals surface area contributed by atoms with Crippen LogP contribution < -0.4 is 5.32 Å². The first-order valence-corrected chi connectivity index (χ1v) is 7.94. The number of rotatable bonds is 5. The molecule has 0 radical (unpaired) electrons. The second kappa shape index (κ2) is 6.21. The van der Waals surface area contributed by atoms with Gasteiger partial charge in [0.2, 0.25) is 0 Å². The average Bonchev–Trinajstić information content (AvgIpc) is 2.90. The van der Waals surface area contributed by atoms with Crippen LogP contribution in [0.25, 0.3) is 0 Å². The van der Waals surface area contributed by atoms with E-state index in [0.717, 1.165) is 27.2 Å². The van der Waals surface area contributed by atoms with Gasteiger partial charge >= 0.3 is 0 Å². The summed E-state index contributed by atoms with van der Waals surface area (Å²) >= 11 is 15.4. The summed E-state index contributed by atoms with van der Waals surface area (Å²) in [6, 6.07) is 4.23. The summed E-state index contributed by atoms with van der Waals surface area (Å²) in [6.45, 7) is 3.12. The molecule has 2 aromatic heterocycles. The van der Waals surface area contributed by atoms with Crippen molar-refractivity contribution in [2.24, 2.45) is 0 Å². The van der Waals surface area contributed by atoms with E-state index in [-0.39, 0.29) is 6.04 Å². The van der Waals surface area contributed by atoms with Gasteiger partial charge in [-0.25, -0.2) is 0 Å². The number of hydrogen-bond donors (Lipinski definition) is 1. The molecular formula is C12H13Cl2NS2. The predicted octanol–water partition coefficient (Wildman–Crippen LogP) is 5.21. The lowest BCUT2D eigenvalue weighted by atomic mass is 10.0. The fraction of sp³-hybridized carbons (Fsp3) is 0.333. The fourth-order valence-electron chi connectivity index (χ4n) is 1.69. The van der Waals surface area contributed by atoms with E-state index in [1.54, 1.807) is 11.3 Å². The molecule has 1 N–H and O–H groups in total. The monoisotopic (exact) mass is 305 g/mol. The molecule has 17 heavy (non-hydrogen) atoms. The van der Waals surface area contributed by atoms with Gasteiger partial charge < -0.3 is 5.32 Å². The molecule has 2 rings (SSSR count). The molecule has 0 saturated heterocycles. The first-order chi connectivity index (χ1) is 8.22. The maximum absolute atomic E-state index is 6.23. The first kappa shape index (κ1) is 13.4. The van der Waals surface area contributed by atoms with Gasteiger partial charge in [-0.15, -0.1) is 11.3 Å². The molecule has 1 nitrogen and oxygen atoms in total. The third-order valence-corrected chi connectivity index (χ3v) is 4.69. The van der Waals surface area contributed by atoms with E-state index in [1.807, 2.05) is 6.07 Å². The van der Waals surface area contributed by atoms with Gasteiger partial charge in [0, 0.05) is 5.56 Å². The summed E-state index contributed by atoms with van der Waals surface area (Å²) in [6.07, 6.45) is 1.09. The Kier molecular flexibility index (Phi) is 4.88. The Balaban J connectivity index is 2.30. The standard InChI is InChI=1S/C12H13Cl2NS2/c1-2-4-15-11(8-3-5-16-7-8)9-6-10(13)17-12(9)14/h3,5-7,11,15H,2,4H2,1H3. The minimum Gasteiger partial charge on any atom is -0.306 e. The average molecular weight is 306 g/mol. The Hall–Kier alpha value is -0.0600. The van der Waals surface area contributed by atoms with E-state index < -0.39 is 0 Å². The van der Waals surface area contributed by atoms with Crippen LogP contribution in [0, 0.1) is 0 Å². The van der Waals surface area contributed by atoms with Gasteiger partial charge in [-0.05, 0) is 41.4 Å². The van der Waals surface area contributed by atoms with E-state index in [2.05, 4.69) is 29.1 Å². The van der Waals surface area contributed by atoms with Crippen LogP contribution in [0.15, 0.2) is 22.9 Å². The molecule has 0 bridgehead atoms. The van der Waals surface area contributed by atoms with Crippen LogP contribution in [0.4, 0.5) is 0 Å². The lowest BCUT2D eigenvalue weighted by Gasteiger charge is -2.17. The summed E-state index contributed by atoms with van der Waals surface area (Å²) in [5.41, 5.74) is 2.33. The lowest BCUT2D eigenvalue weighted by Crippen LogP contribution is -2.22. The highest BCUT2D eigenvalue weighted by Crippen LogP contribution is 2.37. The summed E-state index contributed by atoms with van der Waals surface area (Å²) < 4.78 is 1.51. The number of nitrogens with one attached hydrogen (secondary N) is 1. The molecule has 0 amide bonds. The normalized spacial score (nSPS) is 12.9. The molecule has 1 atom stereocenters. The summed E-state index contributed by atoms with van der Waals surface area (Å²) in [5.74, 6) is 0. The van der Waals surface area contributed by atoms with E-state index in [0.29, 0.717) is 0 Å². The van der Waals surface area contributed by atoms with E-state index in [9.17, 15) is 0 Å². The van der Waals surface area contributed by atoms with Crippen LogP contribution in [0.1, 0.15) is 30.5 Å². The molecule has 0 aliphatic carbocycles. The molecule has 0 aliphatic rings. The van der Waals surface area contributed by atoms with Crippen LogP contribution in [0.5, 0.6) is 0 Å². The van der Waals surface area contributed by atoms with Gasteiger partial charge in [-0.2, -0.15) is 11.3 Å². The molecule has 0 spiro atoms. The van der Waals surface area contributed by atoms with Crippen molar-refractivity contribution in [3.63, 3.8) is 0 Å². The molecule has 92 valence electrons. The maximum Gasteiger partial charge on any atom is 0.0995 e. The Morgan fingerprint density at radius 3 is 2.76 bits per heavy atom. The summed E-state index contributed by atoms with van der Waals surface area (Å²) in [7, 11) is 0. The molecule has 2 heterocycles. The van der Waals surface area contributed by atoms with Crippen molar-refractivity contribution in [1.82, 2.24) is 5.32 Å². The zero-order valence-corrected chi connectivity index (χ0v) is 12.5. The van der Waals surface area contributed by atoms with E-state index in [4.69, 9.17) is 23.2 Å². The molecule has 1 unspecified atom stereocenters. The predicted molar refractivity (Wildman–Crippen MR) is 78.8 cm³/mol. The lowest BCUT2D eigenvalue weighted by molar-refractivity contribution is 0.601. The van der Waals surface area contributed by atoms with Gasteiger partial charge in [0.15, 0.2) is 0 Å². The van der Waals surface area contributed by atoms with Gasteiger partial charge in [0.1, 0.15) is 0 Å². The summed E-state index contributed by atoms with van der Waals surface area (Å²) in [4.78, 5) is 0. The highest BCUT2D eigenvalue weighted by Gasteiger charge is 2.19. The van der Waals surface area contributed by atoms with Gasteiger partial charge in [-0.1, -0.05) is 30.1 Å². The number of halogens is 2. The Labute approximate surface area is 119 Å². The molecular weight excluding hydrogens is 293 g/mol. The number of thiophene rings is 2. The largest absolute Gasteiger partial charge is 0.306 e. The molecule has 2 aromatic rings. The van der Waals surface area contributed by atoms with Crippen molar-refractivity contribution < 1.29 is 0 Å². The van der Waals surface area contributed by atoms with Gasteiger partial charge in [0.25, 0.3) is 0 Å². The minimum absolute atomic E-state index is 0.150. The minimum atomic E-state index is 0.150. The highest BCUT2D eigenvalue weighted by atomic mass is 35.5. The Morgan fingerprint density at radius 2 is 2.24 bits per heavy atom. The zero-order valence-electron chi connectivity index (χ0n) is 9.37. The highest BCUT2D eigenvalue weighted by molar-refractivity contribution is 7.20. The van der Waals surface area contributed by atoms with Crippen LogP contribution in [0.2, 0.25) is 8.67 Å². The third-order valence-electron chi connectivity index (χ3n) is 2.47. The zero-order chi connectivity index (χ0) is 12.3. The van der Waals surface area contributed by atoms with Crippen molar-refractivity contribution in [3.05, 3.63) is 42.7 Å². The fourth-order valence-corrected chi connectivity index (χ4v) is 3.90. The SMILES string of the molecule is CCCNC(c1ccsc1)c1cc(Cl)sc1Cl. The second-order valence-corrected chi connectivity index (χ2v) is 6.79. The summed E-state index contributed by atoms with van der Waals surface area (Å²) in [5, 5.41) is 7.74. The van der Waals surface area contributed by atoms with Gasteiger partial charge in [0.05, 0.1) is 14.7 Å². The molecule has 0 aromatic carbocycles. The smallest absolute Gasteiger partial charge is 0.0995 e. The molecule has 0 aliphatic heterocycles. The topological polar surface area (TPSA) is 12.0 Å². The van der Waals surface area contributed by atoms with Crippen LogP contribution in [0.3, 0.4) is 0 Å². The van der Waals surface area contributed by atoms with E-state index in [1.165, 1.54) is 16.9 Å². The van der Waals surface area contributed by atoms with Gasteiger partial charge in [-0.3, -0.25) is 0 Å². The molecule has 5 heteroatoms. The van der Waals surface area contributed by atoms with Crippen molar-refractivity contribution in [3.8, 4) is 0 Å². The van der Waals surface area contributed by atoms with Crippen molar-refractivity contribution in [2.45, 2.75) is 19.4 Å². The third kappa shape index (κ3) is 3.24. The van der Waals surface area contributed by atoms with Crippen molar-refractivity contribution in [1.29, 1.82) is 0 Å².